The second-order valence-electron chi connectivity index (χ2n) is 2.56. The summed E-state index contributed by atoms with van der Waals surface area (Å²) in [6.45, 7) is 0.00933. The fraction of sp³-hybridized carbons (Fsp3) is 0.111. The first kappa shape index (κ1) is 7.62. The molecule has 1 aromatic rings. The molecule has 0 unspecified atom stereocenters. The van der Waals surface area contributed by atoms with E-state index < -0.39 is 0 Å². The molecule has 0 aromatic carbocycles. The predicted octanol–water partition coefficient (Wildman–Crippen LogP) is 0.394. The molecule has 0 saturated heterocycles. The van der Waals surface area contributed by atoms with E-state index in [-0.39, 0.29) is 12.5 Å². The van der Waals surface area contributed by atoms with E-state index in [1.807, 2.05) is 0 Å². The largest absolute Gasteiger partial charge is 0.466 e. The number of terminal acetylenes is 1. The molecule has 1 amide bonds. The summed E-state index contributed by atoms with van der Waals surface area (Å²) in [6.07, 6.45) is 6.70. The zero-order valence-electron chi connectivity index (χ0n) is 6.70. The Morgan fingerprint density at radius 1 is 1.69 bits per heavy atom. The number of nitrogens with zero attached hydrogens (tertiary/aromatic N) is 1. The molecule has 0 atom stereocenters. The maximum Gasteiger partial charge on any atom is 0.262 e. The van der Waals surface area contributed by atoms with Crippen LogP contribution in [-0.2, 0) is 4.79 Å². The van der Waals surface area contributed by atoms with Crippen LogP contribution in [-0.4, -0.2) is 17.5 Å². The first-order chi connectivity index (χ1) is 6.29. The Hall–Kier alpha value is -2.02. The molecule has 4 nitrogen and oxygen atoms in total. The van der Waals surface area contributed by atoms with Crippen molar-refractivity contribution in [2.24, 2.45) is 0 Å². The quantitative estimate of drug-likeness (QED) is 0.579. The molecule has 13 heavy (non-hydrogen) atoms. The smallest absolute Gasteiger partial charge is 0.262 e. The second kappa shape index (κ2) is 2.79. The summed E-state index contributed by atoms with van der Waals surface area (Å²) in [5, 5.41) is 2.61. The molecule has 1 aliphatic heterocycles. The van der Waals surface area contributed by atoms with Gasteiger partial charge in [-0.3, -0.25) is 4.79 Å². The van der Waals surface area contributed by atoms with Crippen LogP contribution in [0.4, 0.5) is 5.69 Å². The standard InChI is InChI=1S/C9H6N2O2/c1-2-6-3-7-9(10-4-6)13-5-8(12)11-7/h1,3-4H,5H2,(H,11,12). The van der Waals surface area contributed by atoms with Gasteiger partial charge in [-0.1, -0.05) is 5.92 Å². The van der Waals surface area contributed by atoms with Crippen molar-refractivity contribution in [3.05, 3.63) is 17.8 Å². The number of rotatable bonds is 0. The van der Waals surface area contributed by atoms with E-state index in [1.54, 1.807) is 6.07 Å². The number of amides is 1. The molecular formula is C9H6N2O2. The maximum absolute atomic E-state index is 10.9. The van der Waals surface area contributed by atoms with Crippen molar-refractivity contribution >= 4 is 11.6 Å². The van der Waals surface area contributed by atoms with Crippen LogP contribution in [0.5, 0.6) is 5.88 Å². The highest BCUT2D eigenvalue weighted by Gasteiger charge is 2.16. The van der Waals surface area contributed by atoms with Gasteiger partial charge in [0.05, 0.1) is 0 Å². The summed E-state index contributed by atoms with van der Waals surface area (Å²) in [5.74, 6) is 2.65. The fourth-order valence-electron chi connectivity index (χ4n) is 1.06. The van der Waals surface area contributed by atoms with Crippen molar-refractivity contribution in [1.29, 1.82) is 0 Å². The lowest BCUT2D eigenvalue weighted by Crippen LogP contribution is -2.25. The minimum Gasteiger partial charge on any atom is -0.466 e. The van der Waals surface area contributed by atoms with Crippen LogP contribution in [0.25, 0.3) is 0 Å². The zero-order valence-corrected chi connectivity index (χ0v) is 6.70. The van der Waals surface area contributed by atoms with Gasteiger partial charge in [-0.15, -0.1) is 6.42 Å². The molecule has 0 radical (unpaired) electrons. The second-order valence-corrected chi connectivity index (χ2v) is 2.56. The molecule has 2 heterocycles. The van der Waals surface area contributed by atoms with Crippen molar-refractivity contribution in [1.82, 2.24) is 4.98 Å². The Kier molecular flexibility index (Phi) is 1.64. The van der Waals surface area contributed by atoms with Crippen LogP contribution in [0.2, 0.25) is 0 Å². The van der Waals surface area contributed by atoms with Gasteiger partial charge in [0.1, 0.15) is 5.69 Å². The summed E-state index contributed by atoms with van der Waals surface area (Å²) >= 11 is 0. The summed E-state index contributed by atoms with van der Waals surface area (Å²) in [4.78, 5) is 14.9. The van der Waals surface area contributed by atoms with Gasteiger partial charge in [0.2, 0.25) is 5.88 Å². The highest BCUT2D eigenvalue weighted by Crippen LogP contribution is 2.24. The van der Waals surface area contributed by atoms with Gasteiger partial charge < -0.3 is 10.1 Å². The summed E-state index contributed by atoms with van der Waals surface area (Å²) in [5.41, 5.74) is 1.15. The van der Waals surface area contributed by atoms with Gasteiger partial charge in [-0.2, -0.15) is 0 Å². The number of carbonyl (C=O) groups excluding carboxylic acids is 1. The molecule has 1 aliphatic rings. The van der Waals surface area contributed by atoms with E-state index in [0.29, 0.717) is 17.1 Å². The van der Waals surface area contributed by atoms with Crippen LogP contribution in [0.3, 0.4) is 0 Å². The highest BCUT2D eigenvalue weighted by molar-refractivity contribution is 5.95. The molecule has 4 heteroatoms. The lowest BCUT2D eigenvalue weighted by atomic mass is 10.2. The Bertz CT molecular complexity index is 407. The number of nitrogens with one attached hydrogen (secondary N) is 1. The van der Waals surface area contributed by atoms with E-state index in [0.717, 1.165) is 0 Å². The number of fused-ring (bicyclic) bond motifs is 1. The number of carbonyl (C=O) groups is 1. The van der Waals surface area contributed by atoms with Crippen molar-refractivity contribution in [2.75, 3.05) is 11.9 Å². The van der Waals surface area contributed by atoms with Gasteiger partial charge in [-0.05, 0) is 6.07 Å². The lowest BCUT2D eigenvalue weighted by molar-refractivity contribution is -0.118. The third kappa shape index (κ3) is 1.32. The average molecular weight is 174 g/mol. The van der Waals surface area contributed by atoms with Gasteiger partial charge >= 0.3 is 0 Å². The summed E-state index contributed by atoms with van der Waals surface area (Å²) < 4.78 is 5.04. The number of hydrogen-bond donors (Lipinski definition) is 1. The van der Waals surface area contributed by atoms with E-state index >= 15 is 0 Å². The first-order valence-electron chi connectivity index (χ1n) is 3.69. The average Bonchev–Trinajstić information content (AvgIpc) is 2.16. The molecule has 0 fully saturated rings. The van der Waals surface area contributed by atoms with E-state index in [1.165, 1.54) is 6.20 Å². The number of hydrogen-bond acceptors (Lipinski definition) is 3. The van der Waals surface area contributed by atoms with E-state index in [2.05, 4.69) is 16.2 Å². The van der Waals surface area contributed by atoms with E-state index in [4.69, 9.17) is 11.2 Å². The topological polar surface area (TPSA) is 51.2 Å². The number of pyridine rings is 1. The Morgan fingerprint density at radius 2 is 2.54 bits per heavy atom. The predicted molar refractivity (Wildman–Crippen MR) is 46.3 cm³/mol. The molecular weight excluding hydrogens is 168 g/mol. The molecule has 64 valence electrons. The molecule has 0 aliphatic carbocycles. The van der Waals surface area contributed by atoms with Crippen LogP contribution in [0.1, 0.15) is 5.56 Å². The summed E-state index contributed by atoms with van der Waals surface area (Å²) in [6, 6.07) is 1.65. The van der Waals surface area contributed by atoms with Crippen molar-refractivity contribution in [3.8, 4) is 18.2 Å². The molecule has 2 rings (SSSR count). The Balaban J connectivity index is 2.45. The van der Waals surface area contributed by atoms with Crippen LogP contribution < -0.4 is 10.1 Å². The van der Waals surface area contributed by atoms with Gasteiger partial charge in [0, 0.05) is 11.8 Å². The monoisotopic (exact) mass is 174 g/mol. The molecule has 1 aromatic heterocycles. The first-order valence-corrected chi connectivity index (χ1v) is 3.69. The maximum atomic E-state index is 10.9. The van der Waals surface area contributed by atoms with Gasteiger partial charge in [0.15, 0.2) is 6.61 Å². The minimum absolute atomic E-state index is 0.00933. The van der Waals surface area contributed by atoms with Crippen LogP contribution in [0.15, 0.2) is 12.3 Å². The summed E-state index contributed by atoms with van der Waals surface area (Å²) in [7, 11) is 0. The van der Waals surface area contributed by atoms with Crippen molar-refractivity contribution in [3.63, 3.8) is 0 Å². The Morgan fingerprint density at radius 3 is 3.31 bits per heavy atom. The van der Waals surface area contributed by atoms with Crippen molar-refractivity contribution < 1.29 is 9.53 Å². The molecule has 1 N–H and O–H groups in total. The SMILES string of the molecule is C#Cc1cnc2c(c1)NC(=O)CO2. The fourth-order valence-corrected chi connectivity index (χ4v) is 1.06. The third-order valence-corrected chi connectivity index (χ3v) is 1.63. The van der Waals surface area contributed by atoms with Crippen LogP contribution in [0, 0.1) is 12.3 Å². The minimum atomic E-state index is -0.191. The van der Waals surface area contributed by atoms with Gasteiger partial charge in [0.25, 0.3) is 5.91 Å². The van der Waals surface area contributed by atoms with Crippen molar-refractivity contribution in [2.45, 2.75) is 0 Å². The third-order valence-electron chi connectivity index (χ3n) is 1.63. The zero-order chi connectivity index (χ0) is 9.26. The molecule has 0 spiro atoms. The lowest BCUT2D eigenvalue weighted by Gasteiger charge is -2.16. The molecule has 0 bridgehead atoms. The Labute approximate surface area is 74.9 Å². The normalized spacial score (nSPS) is 13.6. The highest BCUT2D eigenvalue weighted by atomic mass is 16.5. The van der Waals surface area contributed by atoms with E-state index in [9.17, 15) is 4.79 Å². The number of anilines is 1. The molecule has 0 saturated carbocycles. The number of aromatic nitrogens is 1. The number of ether oxygens (including phenoxy) is 1. The van der Waals surface area contributed by atoms with Crippen LogP contribution >= 0.6 is 0 Å². The van der Waals surface area contributed by atoms with Gasteiger partial charge in [-0.25, -0.2) is 4.98 Å².